The van der Waals surface area contributed by atoms with Crippen LogP contribution in [0.15, 0.2) is 54.0 Å². The van der Waals surface area contributed by atoms with E-state index in [0.29, 0.717) is 5.92 Å². The first-order chi connectivity index (χ1) is 10.8. The standard InChI is InChI=1S/C18H16N2OS/c1-20(18-19-9-10-22-18)17(21)16-11-15(16)14-8-4-6-12-5-2-3-7-13(12)14/h2-10,15-16H,11H2,1H3/t15-,16-/m1/s1. The average Bonchev–Trinajstić information content (AvgIpc) is 3.16. The number of thiazole rings is 1. The van der Waals surface area contributed by atoms with E-state index in [0.717, 1.165) is 11.6 Å². The number of benzene rings is 2. The lowest BCUT2D eigenvalue weighted by Crippen LogP contribution is -2.28. The predicted octanol–water partition coefficient (Wildman–Crippen LogP) is 4.06. The zero-order chi connectivity index (χ0) is 15.1. The van der Waals surface area contributed by atoms with Crippen molar-refractivity contribution < 1.29 is 4.79 Å². The highest BCUT2D eigenvalue weighted by Gasteiger charge is 2.46. The Hall–Kier alpha value is -2.20. The molecular weight excluding hydrogens is 292 g/mol. The first-order valence-corrected chi connectivity index (χ1v) is 8.28. The van der Waals surface area contributed by atoms with Gasteiger partial charge in [-0.25, -0.2) is 4.98 Å². The summed E-state index contributed by atoms with van der Waals surface area (Å²) in [7, 11) is 1.82. The SMILES string of the molecule is CN(C(=O)[C@@H]1C[C@@H]1c1cccc2ccccc12)c1nccs1. The summed E-state index contributed by atoms with van der Waals surface area (Å²) in [5, 5.41) is 5.18. The van der Waals surface area contributed by atoms with Crippen LogP contribution in [0.1, 0.15) is 17.9 Å². The lowest BCUT2D eigenvalue weighted by molar-refractivity contribution is -0.119. The molecule has 1 aromatic heterocycles. The van der Waals surface area contributed by atoms with Crippen LogP contribution in [-0.4, -0.2) is 17.9 Å². The van der Waals surface area contributed by atoms with E-state index in [4.69, 9.17) is 0 Å². The third-order valence-electron chi connectivity index (χ3n) is 4.37. The Kier molecular flexibility index (Phi) is 3.19. The van der Waals surface area contributed by atoms with E-state index >= 15 is 0 Å². The minimum atomic E-state index is 0.0831. The molecule has 4 rings (SSSR count). The molecule has 0 unspecified atom stereocenters. The smallest absolute Gasteiger partial charge is 0.232 e. The second kappa shape index (κ2) is 5.21. The molecule has 0 radical (unpaired) electrons. The van der Waals surface area contributed by atoms with Gasteiger partial charge in [0.1, 0.15) is 0 Å². The Morgan fingerprint density at radius 2 is 2.05 bits per heavy atom. The van der Waals surface area contributed by atoms with Gasteiger partial charge in [0.25, 0.3) is 0 Å². The van der Waals surface area contributed by atoms with Crippen molar-refractivity contribution in [3.05, 3.63) is 59.6 Å². The number of carbonyl (C=O) groups excluding carboxylic acids is 1. The van der Waals surface area contributed by atoms with Crippen LogP contribution in [0.4, 0.5) is 5.13 Å². The van der Waals surface area contributed by atoms with Crippen molar-refractivity contribution >= 4 is 33.1 Å². The highest BCUT2D eigenvalue weighted by atomic mass is 32.1. The van der Waals surface area contributed by atoms with Gasteiger partial charge in [-0.3, -0.25) is 9.69 Å². The molecule has 2 aromatic carbocycles. The number of rotatable bonds is 3. The van der Waals surface area contributed by atoms with Gasteiger partial charge in [-0.2, -0.15) is 0 Å². The first kappa shape index (κ1) is 13.5. The molecular formula is C18H16N2OS. The van der Waals surface area contributed by atoms with Gasteiger partial charge in [0.15, 0.2) is 5.13 Å². The molecule has 1 fully saturated rings. The van der Waals surface area contributed by atoms with Gasteiger partial charge in [0, 0.05) is 24.5 Å². The van der Waals surface area contributed by atoms with E-state index in [-0.39, 0.29) is 11.8 Å². The fraction of sp³-hybridized carbons (Fsp3) is 0.222. The van der Waals surface area contributed by atoms with Gasteiger partial charge in [-0.1, -0.05) is 42.5 Å². The van der Waals surface area contributed by atoms with Gasteiger partial charge in [-0.05, 0) is 28.7 Å². The molecule has 2 atom stereocenters. The first-order valence-electron chi connectivity index (χ1n) is 7.40. The maximum absolute atomic E-state index is 12.6. The molecule has 1 heterocycles. The molecule has 110 valence electrons. The lowest BCUT2D eigenvalue weighted by atomic mass is 10.00. The molecule has 0 aliphatic heterocycles. The monoisotopic (exact) mass is 308 g/mol. The van der Waals surface area contributed by atoms with E-state index in [1.165, 1.54) is 27.7 Å². The molecule has 1 saturated carbocycles. The zero-order valence-corrected chi connectivity index (χ0v) is 13.1. The molecule has 1 amide bonds. The van der Waals surface area contributed by atoms with Crippen molar-refractivity contribution in [1.29, 1.82) is 0 Å². The molecule has 4 heteroatoms. The Labute approximate surface area is 133 Å². The van der Waals surface area contributed by atoms with E-state index in [1.54, 1.807) is 11.1 Å². The lowest BCUT2D eigenvalue weighted by Gasteiger charge is -2.14. The van der Waals surface area contributed by atoms with Crippen molar-refractivity contribution in [3.63, 3.8) is 0 Å². The summed E-state index contributed by atoms with van der Waals surface area (Å²) in [5.74, 6) is 0.591. The fourth-order valence-corrected chi connectivity index (χ4v) is 3.72. The van der Waals surface area contributed by atoms with Crippen LogP contribution in [0.2, 0.25) is 0 Å². The van der Waals surface area contributed by atoms with Gasteiger partial charge < -0.3 is 0 Å². The quantitative estimate of drug-likeness (QED) is 0.731. The molecule has 3 nitrogen and oxygen atoms in total. The van der Waals surface area contributed by atoms with Gasteiger partial charge in [0.05, 0.1) is 0 Å². The Morgan fingerprint density at radius 3 is 2.86 bits per heavy atom. The third-order valence-corrected chi connectivity index (χ3v) is 5.22. The summed E-state index contributed by atoms with van der Waals surface area (Å²) in [5.41, 5.74) is 1.30. The number of aromatic nitrogens is 1. The second-order valence-electron chi connectivity index (χ2n) is 5.73. The third kappa shape index (κ3) is 2.20. The predicted molar refractivity (Wildman–Crippen MR) is 90.3 cm³/mol. The maximum atomic E-state index is 12.6. The molecule has 1 aliphatic carbocycles. The van der Waals surface area contributed by atoms with Crippen LogP contribution >= 0.6 is 11.3 Å². The zero-order valence-electron chi connectivity index (χ0n) is 12.3. The van der Waals surface area contributed by atoms with Gasteiger partial charge in [-0.15, -0.1) is 11.3 Å². The Morgan fingerprint density at radius 1 is 1.23 bits per heavy atom. The number of anilines is 1. The number of nitrogens with zero attached hydrogens (tertiary/aromatic N) is 2. The van der Waals surface area contributed by atoms with E-state index in [2.05, 4.69) is 47.4 Å². The van der Waals surface area contributed by atoms with Crippen LogP contribution in [0.25, 0.3) is 10.8 Å². The molecule has 0 bridgehead atoms. The summed E-state index contributed by atoms with van der Waals surface area (Å²) in [6, 6.07) is 14.8. The fourth-order valence-electron chi connectivity index (χ4n) is 3.11. The molecule has 3 aromatic rings. The largest absolute Gasteiger partial charge is 0.291 e. The maximum Gasteiger partial charge on any atom is 0.232 e. The molecule has 0 spiro atoms. The highest BCUT2D eigenvalue weighted by molar-refractivity contribution is 7.13. The molecule has 22 heavy (non-hydrogen) atoms. The number of amides is 1. The minimum absolute atomic E-state index is 0.0831. The van der Waals surface area contributed by atoms with Crippen molar-refractivity contribution in [2.24, 2.45) is 5.92 Å². The van der Waals surface area contributed by atoms with E-state index in [9.17, 15) is 4.79 Å². The van der Waals surface area contributed by atoms with Crippen LogP contribution in [0.5, 0.6) is 0 Å². The van der Waals surface area contributed by atoms with Gasteiger partial charge >= 0.3 is 0 Å². The summed E-state index contributed by atoms with van der Waals surface area (Å²) >= 11 is 1.50. The van der Waals surface area contributed by atoms with Crippen molar-refractivity contribution in [1.82, 2.24) is 4.98 Å². The van der Waals surface area contributed by atoms with Crippen molar-refractivity contribution in [2.75, 3.05) is 11.9 Å². The van der Waals surface area contributed by atoms with E-state index < -0.39 is 0 Å². The number of hydrogen-bond donors (Lipinski definition) is 0. The van der Waals surface area contributed by atoms with Crippen LogP contribution in [0, 0.1) is 5.92 Å². The topological polar surface area (TPSA) is 33.2 Å². The van der Waals surface area contributed by atoms with Crippen LogP contribution in [-0.2, 0) is 4.79 Å². The Bertz CT molecular complexity index is 823. The number of hydrogen-bond acceptors (Lipinski definition) is 3. The molecule has 1 aliphatic rings. The normalized spacial score (nSPS) is 20.0. The Balaban J connectivity index is 1.60. The summed E-state index contributed by atoms with van der Waals surface area (Å²) in [6.07, 6.45) is 2.67. The molecule has 0 N–H and O–H groups in total. The number of carbonyl (C=O) groups is 1. The van der Waals surface area contributed by atoms with E-state index in [1.807, 2.05) is 12.4 Å². The van der Waals surface area contributed by atoms with Gasteiger partial charge in [0.2, 0.25) is 5.91 Å². The second-order valence-corrected chi connectivity index (χ2v) is 6.60. The summed E-state index contributed by atoms with van der Waals surface area (Å²) < 4.78 is 0. The summed E-state index contributed by atoms with van der Waals surface area (Å²) in [4.78, 5) is 18.5. The molecule has 0 saturated heterocycles. The summed E-state index contributed by atoms with van der Waals surface area (Å²) in [6.45, 7) is 0. The number of fused-ring (bicyclic) bond motifs is 1. The van der Waals surface area contributed by atoms with Crippen LogP contribution in [0.3, 0.4) is 0 Å². The van der Waals surface area contributed by atoms with Crippen molar-refractivity contribution in [2.45, 2.75) is 12.3 Å². The highest BCUT2D eigenvalue weighted by Crippen LogP contribution is 2.50. The van der Waals surface area contributed by atoms with Crippen molar-refractivity contribution in [3.8, 4) is 0 Å². The van der Waals surface area contributed by atoms with Crippen LogP contribution < -0.4 is 4.90 Å². The minimum Gasteiger partial charge on any atom is -0.291 e. The average molecular weight is 308 g/mol.